The molecule has 0 spiro atoms. The van der Waals surface area contributed by atoms with E-state index in [1.165, 1.54) is 115 Å². The van der Waals surface area contributed by atoms with Gasteiger partial charge in [0, 0.05) is 48.5 Å². The first-order valence-electron chi connectivity index (χ1n) is 15.1. The van der Waals surface area contributed by atoms with Gasteiger partial charge in [-0.3, -0.25) is 20.2 Å². The molecule has 4 rings (SSSR count). The molecule has 0 N–H and O–H groups in total. The highest BCUT2D eigenvalue weighted by atomic mass is 32.2. The van der Waals surface area contributed by atoms with E-state index < -0.39 is 30.2 Å². The van der Waals surface area contributed by atoms with Gasteiger partial charge >= 0.3 is 0 Å². The fourth-order valence-corrected chi connectivity index (χ4v) is 7.30. The van der Waals surface area contributed by atoms with E-state index in [2.05, 4.69) is 0 Å². The minimum Gasteiger partial charge on any atom is -0.496 e. The van der Waals surface area contributed by atoms with Crippen molar-refractivity contribution in [3.8, 4) is 34.5 Å². The molecular formula is C36H36N2O12S. The molecule has 0 bridgehead atoms. The summed E-state index contributed by atoms with van der Waals surface area (Å²) in [5.41, 5.74) is 0.758. The zero-order chi connectivity index (χ0) is 37.3. The number of ether oxygens (including phenoxy) is 6. The Morgan fingerprint density at radius 2 is 0.824 bits per heavy atom. The Bertz CT molecular complexity index is 1850. The van der Waals surface area contributed by atoms with Gasteiger partial charge in [0.2, 0.25) is 0 Å². The lowest BCUT2D eigenvalue weighted by Crippen LogP contribution is -2.19. The van der Waals surface area contributed by atoms with E-state index in [1.54, 1.807) is 24.3 Å². The lowest BCUT2D eigenvalue weighted by atomic mass is 10.1. The van der Waals surface area contributed by atoms with Gasteiger partial charge in [-0.15, -0.1) is 0 Å². The van der Waals surface area contributed by atoms with Crippen molar-refractivity contribution in [2.75, 3.05) is 42.7 Å². The largest absolute Gasteiger partial charge is 0.496 e. The molecular weight excluding hydrogens is 684 g/mol. The monoisotopic (exact) mass is 720 g/mol. The third-order valence-electron chi connectivity index (χ3n) is 7.95. The molecule has 15 heteroatoms. The van der Waals surface area contributed by atoms with Gasteiger partial charge in [0.1, 0.15) is 45.0 Å². The van der Waals surface area contributed by atoms with Crippen molar-refractivity contribution in [1.82, 2.24) is 0 Å². The van der Waals surface area contributed by atoms with E-state index in [-0.39, 0.29) is 22.5 Å². The summed E-state index contributed by atoms with van der Waals surface area (Å²) in [5.74, 6) is 2.18. The smallest absolute Gasteiger partial charge is 0.269 e. The van der Waals surface area contributed by atoms with E-state index in [0.29, 0.717) is 45.6 Å². The van der Waals surface area contributed by atoms with Crippen molar-refractivity contribution < 1.29 is 46.7 Å². The average molecular weight is 721 g/mol. The van der Waals surface area contributed by atoms with E-state index >= 15 is 0 Å². The number of sulfone groups is 1. The number of nitro groups is 2. The highest BCUT2D eigenvalue weighted by Gasteiger charge is 2.34. The highest BCUT2D eigenvalue weighted by molar-refractivity contribution is 7.92. The van der Waals surface area contributed by atoms with Crippen LogP contribution in [0.4, 0.5) is 11.4 Å². The van der Waals surface area contributed by atoms with Crippen molar-refractivity contribution in [3.63, 3.8) is 0 Å². The maximum Gasteiger partial charge on any atom is 0.269 e. The predicted octanol–water partition coefficient (Wildman–Crippen LogP) is 7.18. The van der Waals surface area contributed by atoms with Crippen molar-refractivity contribution in [2.45, 2.75) is 10.5 Å². The minimum atomic E-state index is -4.41. The Morgan fingerprint density at radius 1 is 0.529 bits per heavy atom. The number of nitro benzene ring substituents is 2. The number of non-ortho nitro benzene ring substituents is 2. The SMILES string of the molecule is COc1cc(OC)c(/C=C/C(c2ccc([N+](=O)[O-])cc2)S(=O)(=O)C(/C=C/c2c(OC)cc(OC)cc2OC)c2ccc([N+](=O)[O-])cc2)c(OC)c1. The maximum absolute atomic E-state index is 15.0. The molecule has 0 fully saturated rings. The Labute approximate surface area is 294 Å². The number of nitrogens with zero attached hydrogens (tertiary/aromatic N) is 2. The Balaban J connectivity index is 1.98. The van der Waals surface area contributed by atoms with E-state index in [1.807, 2.05) is 0 Å². The third kappa shape index (κ3) is 8.38. The predicted molar refractivity (Wildman–Crippen MR) is 191 cm³/mol. The summed E-state index contributed by atoms with van der Waals surface area (Å²) >= 11 is 0. The normalized spacial score (nSPS) is 12.7. The standard InChI is InChI=1S/C36H36N2O12S/c1-45-27-19-31(47-3)29(32(20-27)48-4)15-17-35(23-7-11-25(12-8-23)37(39)40)51(43,44)36(24-9-13-26(14-10-24)38(41)42)18-16-30-33(49-5)21-28(46-2)22-34(30)50-6/h7-22,35-36H,1-6H3/b17-15+,18-16+. The molecule has 0 heterocycles. The van der Waals surface area contributed by atoms with Gasteiger partial charge in [-0.25, -0.2) is 8.42 Å². The summed E-state index contributed by atoms with van der Waals surface area (Å²) in [6.07, 6.45) is 5.88. The molecule has 0 aliphatic heterocycles. The van der Waals surface area contributed by atoms with Crippen LogP contribution in [0, 0.1) is 20.2 Å². The number of hydrogen-bond acceptors (Lipinski definition) is 12. The van der Waals surface area contributed by atoms with Gasteiger partial charge < -0.3 is 28.4 Å². The van der Waals surface area contributed by atoms with Crippen LogP contribution in [0.1, 0.15) is 32.8 Å². The first-order chi connectivity index (χ1) is 24.4. The van der Waals surface area contributed by atoms with E-state index in [4.69, 9.17) is 28.4 Å². The number of benzene rings is 4. The lowest BCUT2D eigenvalue weighted by Gasteiger charge is -2.22. The topological polar surface area (TPSA) is 176 Å². The van der Waals surface area contributed by atoms with Crippen molar-refractivity contribution in [2.24, 2.45) is 0 Å². The average Bonchev–Trinajstić information content (AvgIpc) is 3.14. The Morgan fingerprint density at radius 3 is 1.06 bits per heavy atom. The summed E-state index contributed by atoms with van der Waals surface area (Å²) < 4.78 is 62.9. The van der Waals surface area contributed by atoms with Crippen LogP contribution in [0.15, 0.2) is 84.9 Å². The molecule has 0 aliphatic rings. The van der Waals surface area contributed by atoms with Gasteiger partial charge in [-0.1, -0.05) is 36.4 Å². The second-order valence-corrected chi connectivity index (χ2v) is 12.9. The molecule has 0 aromatic heterocycles. The van der Waals surface area contributed by atoms with Crippen LogP contribution >= 0.6 is 0 Å². The number of rotatable bonds is 16. The zero-order valence-electron chi connectivity index (χ0n) is 28.6. The van der Waals surface area contributed by atoms with Gasteiger partial charge in [0.25, 0.3) is 11.4 Å². The molecule has 51 heavy (non-hydrogen) atoms. The molecule has 4 aromatic carbocycles. The maximum atomic E-state index is 15.0. The highest BCUT2D eigenvalue weighted by Crippen LogP contribution is 2.42. The van der Waals surface area contributed by atoms with Crippen molar-refractivity contribution in [1.29, 1.82) is 0 Å². The van der Waals surface area contributed by atoms with Crippen LogP contribution in [-0.4, -0.2) is 60.9 Å². The third-order valence-corrected chi connectivity index (χ3v) is 10.2. The Hall–Kier alpha value is -6.09. The molecule has 4 aromatic rings. The summed E-state index contributed by atoms with van der Waals surface area (Å²) in [6.45, 7) is 0. The van der Waals surface area contributed by atoms with Crippen LogP contribution in [0.3, 0.4) is 0 Å². The van der Waals surface area contributed by atoms with Gasteiger partial charge in [0.05, 0.1) is 63.6 Å². The first-order valence-corrected chi connectivity index (χ1v) is 16.7. The van der Waals surface area contributed by atoms with Crippen LogP contribution in [0.5, 0.6) is 34.5 Å². The van der Waals surface area contributed by atoms with Crippen LogP contribution in [0.2, 0.25) is 0 Å². The second-order valence-electron chi connectivity index (χ2n) is 10.7. The fraction of sp³-hybridized carbons (Fsp3) is 0.222. The number of methoxy groups -OCH3 is 6. The molecule has 0 saturated heterocycles. The molecule has 268 valence electrons. The summed E-state index contributed by atoms with van der Waals surface area (Å²) in [7, 11) is 4.30. The van der Waals surface area contributed by atoms with E-state index in [0.717, 1.165) is 0 Å². The molecule has 14 nitrogen and oxygen atoms in total. The molecule has 2 atom stereocenters. The van der Waals surface area contributed by atoms with Crippen molar-refractivity contribution >= 4 is 33.4 Å². The van der Waals surface area contributed by atoms with Gasteiger partial charge in [-0.05, 0) is 23.3 Å². The zero-order valence-corrected chi connectivity index (χ0v) is 29.4. The van der Waals surface area contributed by atoms with E-state index in [9.17, 15) is 28.6 Å². The quantitative estimate of drug-likeness (QED) is 0.0843. The lowest BCUT2D eigenvalue weighted by molar-refractivity contribution is -0.385. The molecule has 0 saturated carbocycles. The molecule has 2 unspecified atom stereocenters. The summed E-state index contributed by atoms with van der Waals surface area (Å²) in [6, 6.07) is 16.7. The van der Waals surface area contributed by atoms with Crippen LogP contribution < -0.4 is 28.4 Å². The Kier molecular flexibility index (Phi) is 12.2. The number of hydrogen-bond donors (Lipinski definition) is 0. The van der Waals surface area contributed by atoms with Crippen LogP contribution in [0.25, 0.3) is 12.2 Å². The summed E-state index contributed by atoms with van der Waals surface area (Å²) in [5, 5.41) is 20.1. The van der Waals surface area contributed by atoms with Gasteiger partial charge in [0.15, 0.2) is 9.84 Å². The van der Waals surface area contributed by atoms with Crippen LogP contribution in [-0.2, 0) is 9.84 Å². The van der Waals surface area contributed by atoms with Crippen molar-refractivity contribution in [3.05, 3.63) is 127 Å². The molecule has 0 radical (unpaired) electrons. The minimum absolute atomic E-state index is 0.211. The summed E-state index contributed by atoms with van der Waals surface area (Å²) in [4.78, 5) is 21.8. The van der Waals surface area contributed by atoms with Gasteiger partial charge in [-0.2, -0.15) is 0 Å². The fourth-order valence-electron chi connectivity index (χ4n) is 5.31. The second kappa shape index (κ2) is 16.5. The molecule has 0 aliphatic carbocycles. The molecule has 0 amide bonds. The first kappa shape index (κ1) is 37.7.